The molecule has 0 amide bonds. The predicted octanol–water partition coefficient (Wildman–Crippen LogP) is 0.492. The molecule has 0 rings (SSSR count). The first-order valence-electron chi connectivity index (χ1n) is 4.90. The Bertz CT molecular complexity index is 215. The van der Waals surface area contributed by atoms with E-state index in [0.717, 1.165) is 0 Å². The summed E-state index contributed by atoms with van der Waals surface area (Å²) in [5.74, 6) is -0.729. The molecular formula is C10H18O6. The number of methoxy groups -OCH3 is 2. The van der Waals surface area contributed by atoms with Gasteiger partial charge in [-0.15, -0.1) is 0 Å². The van der Waals surface area contributed by atoms with Crippen molar-refractivity contribution in [3.8, 4) is 0 Å². The van der Waals surface area contributed by atoms with Crippen LogP contribution in [0.2, 0.25) is 0 Å². The van der Waals surface area contributed by atoms with Crippen molar-refractivity contribution in [3.63, 3.8) is 0 Å². The van der Waals surface area contributed by atoms with Crippen molar-refractivity contribution in [2.24, 2.45) is 0 Å². The maximum atomic E-state index is 11.0. The van der Waals surface area contributed by atoms with Crippen LogP contribution < -0.4 is 0 Å². The first kappa shape index (κ1) is 14.9. The summed E-state index contributed by atoms with van der Waals surface area (Å²) in [6.07, 6.45) is 0.172. The first-order chi connectivity index (χ1) is 7.60. The minimum atomic E-state index is -0.371. The lowest BCUT2D eigenvalue weighted by Crippen LogP contribution is -2.22. The molecule has 94 valence electrons. The Morgan fingerprint density at radius 2 is 1.94 bits per heavy atom. The van der Waals surface area contributed by atoms with Crippen LogP contribution in [0.1, 0.15) is 19.8 Å². The van der Waals surface area contributed by atoms with Gasteiger partial charge in [-0.1, -0.05) is 0 Å². The van der Waals surface area contributed by atoms with Crippen molar-refractivity contribution in [3.05, 3.63) is 0 Å². The van der Waals surface area contributed by atoms with Gasteiger partial charge in [0, 0.05) is 20.5 Å². The summed E-state index contributed by atoms with van der Waals surface area (Å²) in [5, 5.41) is 0. The number of carbonyl (C=O) groups is 2. The van der Waals surface area contributed by atoms with Gasteiger partial charge in [-0.2, -0.15) is 0 Å². The minimum absolute atomic E-state index is 0.0851. The Morgan fingerprint density at radius 1 is 1.25 bits per heavy atom. The highest BCUT2D eigenvalue weighted by atomic mass is 16.7. The number of carbonyl (C=O) groups excluding carboxylic acids is 2. The van der Waals surface area contributed by atoms with Gasteiger partial charge in [0.15, 0.2) is 0 Å². The molecule has 6 heteroatoms. The van der Waals surface area contributed by atoms with Gasteiger partial charge in [-0.3, -0.25) is 9.59 Å². The Kier molecular flexibility index (Phi) is 8.46. The minimum Gasteiger partial charge on any atom is -0.469 e. The molecule has 0 aliphatic heterocycles. The van der Waals surface area contributed by atoms with Crippen LogP contribution in [0.25, 0.3) is 0 Å². The maximum absolute atomic E-state index is 11.0. The quantitative estimate of drug-likeness (QED) is 0.449. The molecule has 0 aromatic heterocycles. The number of esters is 2. The van der Waals surface area contributed by atoms with Gasteiger partial charge in [0.2, 0.25) is 0 Å². The van der Waals surface area contributed by atoms with Crippen LogP contribution in [0.15, 0.2) is 0 Å². The largest absolute Gasteiger partial charge is 0.469 e. The second-order valence-electron chi connectivity index (χ2n) is 3.10. The first-order valence-corrected chi connectivity index (χ1v) is 4.90. The number of hydrogen-bond donors (Lipinski definition) is 0. The Morgan fingerprint density at radius 3 is 2.44 bits per heavy atom. The molecule has 6 nitrogen and oxygen atoms in total. The predicted molar refractivity (Wildman–Crippen MR) is 54.6 cm³/mol. The molecule has 0 aliphatic carbocycles. The normalized spacial score (nSPS) is 11.9. The van der Waals surface area contributed by atoms with E-state index in [0.29, 0.717) is 6.42 Å². The van der Waals surface area contributed by atoms with Crippen LogP contribution in [-0.2, 0) is 28.5 Å². The van der Waals surface area contributed by atoms with E-state index < -0.39 is 0 Å². The smallest absolute Gasteiger partial charge is 0.308 e. The van der Waals surface area contributed by atoms with Crippen molar-refractivity contribution >= 4 is 11.9 Å². The van der Waals surface area contributed by atoms with E-state index in [1.54, 1.807) is 0 Å². The average Bonchev–Trinajstić information content (AvgIpc) is 2.24. The van der Waals surface area contributed by atoms with Crippen LogP contribution in [0.4, 0.5) is 0 Å². The molecule has 0 N–H and O–H groups in total. The standard InChI is InChI=1S/C10H18O6/c1-8(11)15-5-4-9(16-7-13-2)6-10(12)14-3/h9H,4-7H2,1-3H3/t9-/m1/s1. The molecule has 0 aromatic carbocycles. The molecule has 0 bridgehead atoms. The van der Waals surface area contributed by atoms with Crippen LogP contribution >= 0.6 is 0 Å². The lowest BCUT2D eigenvalue weighted by molar-refractivity contribution is -0.148. The number of hydrogen-bond acceptors (Lipinski definition) is 6. The summed E-state index contributed by atoms with van der Waals surface area (Å²) in [6, 6.07) is 0. The molecule has 0 fully saturated rings. The second-order valence-corrected chi connectivity index (χ2v) is 3.10. The molecule has 0 aromatic rings. The molecule has 1 atom stereocenters. The Balaban J connectivity index is 3.89. The summed E-state index contributed by atoms with van der Waals surface area (Å²) in [6.45, 7) is 1.62. The number of ether oxygens (including phenoxy) is 4. The van der Waals surface area contributed by atoms with E-state index in [1.807, 2.05) is 0 Å². The monoisotopic (exact) mass is 234 g/mol. The molecule has 0 radical (unpaired) electrons. The Hall–Kier alpha value is -1.14. The summed E-state index contributed by atoms with van der Waals surface area (Å²) < 4.78 is 19.2. The molecule has 0 saturated carbocycles. The zero-order chi connectivity index (χ0) is 12.4. The lowest BCUT2D eigenvalue weighted by Gasteiger charge is -2.15. The zero-order valence-corrected chi connectivity index (χ0v) is 9.86. The summed E-state index contributed by atoms with van der Waals surface area (Å²) in [7, 11) is 2.79. The van der Waals surface area contributed by atoms with Crippen LogP contribution in [0, 0.1) is 0 Å². The zero-order valence-electron chi connectivity index (χ0n) is 9.86. The van der Waals surface area contributed by atoms with Crippen LogP contribution in [-0.4, -0.2) is 45.7 Å². The van der Waals surface area contributed by atoms with E-state index in [4.69, 9.17) is 14.2 Å². The highest BCUT2D eigenvalue weighted by Crippen LogP contribution is 2.06. The van der Waals surface area contributed by atoms with Crippen molar-refractivity contribution in [2.75, 3.05) is 27.6 Å². The second kappa shape index (κ2) is 9.11. The molecule has 0 unspecified atom stereocenters. The van der Waals surface area contributed by atoms with Crippen LogP contribution in [0.3, 0.4) is 0 Å². The summed E-state index contributed by atoms with van der Waals surface area (Å²) in [4.78, 5) is 21.6. The van der Waals surface area contributed by atoms with E-state index >= 15 is 0 Å². The topological polar surface area (TPSA) is 71.1 Å². The van der Waals surface area contributed by atoms with Gasteiger partial charge >= 0.3 is 11.9 Å². The molecule has 0 aliphatic rings. The Labute approximate surface area is 94.8 Å². The van der Waals surface area contributed by atoms with Gasteiger partial charge in [-0.25, -0.2) is 0 Å². The van der Waals surface area contributed by atoms with Crippen LogP contribution in [0.5, 0.6) is 0 Å². The summed E-state index contributed by atoms with van der Waals surface area (Å²) in [5.41, 5.74) is 0. The fourth-order valence-electron chi connectivity index (χ4n) is 1.01. The van der Waals surface area contributed by atoms with E-state index in [9.17, 15) is 9.59 Å². The SMILES string of the molecule is COCO[C@H](CCOC(C)=O)CC(=O)OC. The molecule has 0 saturated heterocycles. The molecule has 16 heavy (non-hydrogen) atoms. The van der Waals surface area contributed by atoms with Crippen molar-refractivity contribution < 1.29 is 28.5 Å². The van der Waals surface area contributed by atoms with Crippen molar-refractivity contribution in [1.82, 2.24) is 0 Å². The van der Waals surface area contributed by atoms with Crippen molar-refractivity contribution in [2.45, 2.75) is 25.9 Å². The van der Waals surface area contributed by atoms with Gasteiger partial charge in [-0.05, 0) is 0 Å². The highest BCUT2D eigenvalue weighted by Gasteiger charge is 2.15. The average molecular weight is 234 g/mol. The van der Waals surface area contributed by atoms with Gasteiger partial charge < -0.3 is 18.9 Å². The van der Waals surface area contributed by atoms with Gasteiger partial charge in [0.25, 0.3) is 0 Å². The molecule has 0 spiro atoms. The molecular weight excluding hydrogens is 216 g/mol. The third-order valence-electron chi connectivity index (χ3n) is 1.79. The fraction of sp³-hybridized carbons (Fsp3) is 0.800. The third kappa shape index (κ3) is 8.19. The fourth-order valence-corrected chi connectivity index (χ4v) is 1.01. The lowest BCUT2D eigenvalue weighted by atomic mass is 10.2. The van der Waals surface area contributed by atoms with E-state index in [1.165, 1.54) is 21.1 Å². The third-order valence-corrected chi connectivity index (χ3v) is 1.79. The maximum Gasteiger partial charge on any atom is 0.308 e. The highest BCUT2D eigenvalue weighted by molar-refractivity contribution is 5.69. The van der Waals surface area contributed by atoms with E-state index in [2.05, 4.69) is 4.74 Å². The van der Waals surface area contributed by atoms with Gasteiger partial charge in [0.1, 0.15) is 6.79 Å². The van der Waals surface area contributed by atoms with Crippen molar-refractivity contribution in [1.29, 1.82) is 0 Å². The summed E-state index contributed by atoms with van der Waals surface area (Å²) >= 11 is 0. The number of rotatable bonds is 8. The molecule has 0 heterocycles. The van der Waals surface area contributed by atoms with Gasteiger partial charge in [0.05, 0.1) is 26.2 Å². The van der Waals surface area contributed by atoms with E-state index in [-0.39, 0.29) is 37.9 Å².